The number of nitrogens with zero attached hydrogens (tertiary/aromatic N) is 1. The van der Waals surface area contributed by atoms with Gasteiger partial charge in [-0.25, -0.2) is 9.18 Å². The molecule has 0 radical (unpaired) electrons. The molecule has 25 heavy (non-hydrogen) atoms. The van der Waals surface area contributed by atoms with E-state index in [0.29, 0.717) is 25.8 Å². The fourth-order valence-corrected chi connectivity index (χ4v) is 3.49. The van der Waals surface area contributed by atoms with Crippen LogP contribution in [0.25, 0.3) is 0 Å². The molecule has 1 aliphatic heterocycles. The van der Waals surface area contributed by atoms with E-state index in [2.05, 4.69) is 10.6 Å². The average molecular weight is 347 g/mol. The molecule has 3 rings (SSSR count). The van der Waals surface area contributed by atoms with Gasteiger partial charge in [0.25, 0.3) is 5.91 Å². The zero-order valence-electron chi connectivity index (χ0n) is 14.0. The molecule has 1 aliphatic carbocycles. The smallest absolute Gasteiger partial charge is 0.325 e. The van der Waals surface area contributed by atoms with Crippen LogP contribution in [0.2, 0.25) is 0 Å². The number of rotatable bonds is 6. The van der Waals surface area contributed by atoms with Gasteiger partial charge >= 0.3 is 6.03 Å². The Morgan fingerprint density at radius 2 is 1.88 bits per heavy atom. The van der Waals surface area contributed by atoms with Crippen molar-refractivity contribution in [2.75, 3.05) is 6.54 Å². The Labute approximate surface area is 145 Å². The summed E-state index contributed by atoms with van der Waals surface area (Å²) in [4.78, 5) is 37.6. The SMILES string of the molecule is O=C(CCCN1C(=O)NC2(CCCC2)C1=O)NCc1ccc(F)cc1. The highest BCUT2D eigenvalue weighted by molar-refractivity contribution is 6.07. The zero-order chi connectivity index (χ0) is 17.9. The molecular weight excluding hydrogens is 325 g/mol. The normalized spacial score (nSPS) is 18.7. The van der Waals surface area contributed by atoms with Crippen molar-refractivity contribution in [2.24, 2.45) is 0 Å². The molecule has 2 N–H and O–H groups in total. The largest absolute Gasteiger partial charge is 0.352 e. The molecule has 1 aromatic carbocycles. The van der Waals surface area contributed by atoms with Crippen LogP contribution in [0.5, 0.6) is 0 Å². The molecule has 1 spiro atoms. The third-order valence-corrected chi connectivity index (χ3v) is 4.89. The number of hydrogen-bond acceptors (Lipinski definition) is 3. The summed E-state index contributed by atoms with van der Waals surface area (Å²) in [6.45, 7) is 0.571. The second-order valence-corrected chi connectivity index (χ2v) is 6.68. The monoisotopic (exact) mass is 347 g/mol. The van der Waals surface area contributed by atoms with E-state index in [1.165, 1.54) is 17.0 Å². The summed E-state index contributed by atoms with van der Waals surface area (Å²) in [6.07, 6.45) is 3.95. The highest BCUT2D eigenvalue weighted by atomic mass is 19.1. The zero-order valence-corrected chi connectivity index (χ0v) is 14.0. The molecule has 0 bridgehead atoms. The number of carbonyl (C=O) groups is 3. The van der Waals surface area contributed by atoms with Gasteiger partial charge in [0.1, 0.15) is 11.4 Å². The fourth-order valence-electron chi connectivity index (χ4n) is 3.49. The van der Waals surface area contributed by atoms with E-state index in [4.69, 9.17) is 0 Å². The minimum atomic E-state index is -0.693. The minimum Gasteiger partial charge on any atom is -0.352 e. The highest BCUT2D eigenvalue weighted by Gasteiger charge is 2.51. The first-order valence-corrected chi connectivity index (χ1v) is 8.65. The third-order valence-electron chi connectivity index (χ3n) is 4.89. The molecule has 1 heterocycles. The van der Waals surface area contributed by atoms with Crippen LogP contribution in [0, 0.1) is 5.82 Å². The van der Waals surface area contributed by atoms with E-state index in [1.54, 1.807) is 12.1 Å². The van der Waals surface area contributed by atoms with Gasteiger partial charge in [0.2, 0.25) is 5.91 Å². The summed E-state index contributed by atoms with van der Waals surface area (Å²) in [6, 6.07) is 5.57. The standard InChI is InChI=1S/C18H22FN3O3/c19-14-7-5-13(6-8-14)12-20-15(23)4-3-11-22-16(24)18(21-17(22)25)9-1-2-10-18/h5-8H,1-4,9-12H2,(H,20,23)(H,21,25). The molecule has 2 fully saturated rings. The molecule has 4 amide bonds. The molecule has 6 nitrogen and oxygen atoms in total. The van der Waals surface area contributed by atoms with Gasteiger partial charge < -0.3 is 10.6 Å². The van der Waals surface area contributed by atoms with Crippen molar-refractivity contribution in [1.82, 2.24) is 15.5 Å². The second kappa shape index (κ2) is 7.21. The predicted octanol–water partition coefficient (Wildman–Crippen LogP) is 2.09. The van der Waals surface area contributed by atoms with E-state index in [9.17, 15) is 18.8 Å². The molecule has 2 aliphatic rings. The Kier molecular flexibility index (Phi) is 5.01. The van der Waals surface area contributed by atoms with Gasteiger partial charge in [-0.1, -0.05) is 25.0 Å². The summed E-state index contributed by atoms with van der Waals surface area (Å²) in [7, 11) is 0. The Morgan fingerprint density at radius 3 is 2.56 bits per heavy atom. The summed E-state index contributed by atoms with van der Waals surface area (Å²) < 4.78 is 12.8. The molecule has 0 unspecified atom stereocenters. The van der Waals surface area contributed by atoms with Gasteiger partial charge in [0.15, 0.2) is 0 Å². The number of hydrogen-bond donors (Lipinski definition) is 2. The Hall–Kier alpha value is -2.44. The maximum atomic E-state index is 12.8. The average Bonchev–Trinajstić information content (AvgIpc) is 3.15. The van der Waals surface area contributed by atoms with E-state index < -0.39 is 5.54 Å². The number of benzene rings is 1. The van der Waals surface area contributed by atoms with Crippen LogP contribution in [-0.4, -0.2) is 34.8 Å². The third kappa shape index (κ3) is 3.81. The maximum Gasteiger partial charge on any atom is 0.325 e. The summed E-state index contributed by atoms with van der Waals surface area (Å²) >= 11 is 0. The lowest BCUT2D eigenvalue weighted by molar-refractivity contribution is -0.131. The topological polar surface area (TPSA) is 78.5 Å². The first-order valence-electron chi connectivity index (χ1n) is 8.65. The quantitative estimate of drug-likeness (QED) is 0.774. The van der Waals surface area contributed by atoms with Crippen molar-refractivity contribution in [2.45, 2.75) is 50.6 Å². The summed E-state index contributed by atoms with van der Waals surface area (Å²) in [5.41, 5.74) is 0.120. The minimum absolute atomic E-state index is 0.151. The van der Waals surface area contributed by atoms with Crippen molar-refractivity contribution in [3.63, 3.8) is 0 Å². The molecular formula is C18H22FN3O3. The van der Waals surface area contributed by atoms with Gasteiger partial charge in [-0.15, -0.1) is 0 Å². The van der Waals surface area contributed by atoms with Gasteiger partial charge in [0, 0.05) is 19.5 Å². The summed E-state index contributed by atoms with van der Waals surface area (Å²) in [5, 5.41) is 5.57. The van der Waals surface area contributed by atoms with Gasteiger partial charge in [-0.3, -0.25) is 14.5 Å². The Morgan fingerprint density at radius 1 is 1.20 bits per heavy atom. The second-order valence-electron chi connectivity index (χ2n) is 6.68. The van der Waals surface area contributed by atoms with Crippen molar-refractivity contribution < 1.29 is 18.8 Å². The van der Waals surface area contributed by atoms with Crippen molar-refractivity contribution >= 4 is 17.8 Å². The van der Waals surface area contributed by atoms with E-state index in [-0.39, 0.29) is 36.6 Å². The fraction of sp³-hybridized carbons (Fsp3) is 0.500. The van der Waals surface area contributed by atoms with Crippen molar-refractivity contribution in [3.8, 4) is 0 Å². The van der Waals surface area contributed by atoms with Crippen LogP contribution >= 0.6 is 0 Å². The number of amides is 4. The predicted molar refractivity (Wildman–Crippen MR) is 88.9 cm³/mol. The number of carbonyl (C=O) groups excluding carboxylic acids is 3. The van der Waals surface area contributed by atoms with Gasteiger partial charge in [-0.2, -0.15) is 0 Å². The van der Waals surface area contributed by atoms with Crippen LogP contribution in [0.1, 0.15) is 44.1 Å². The van der Waals surface area contributed by atoms with E-state index in [0.717, 1.165) is 18.4 Å². The lowest BCUT2D eigenvalue weighted by atomic mass is 9.98. The van der Waals surface area contributed by atoms with Crippen molar-refractivity contribution in [1.29, 1.82) is 0 Å². The number of nitrogens with one attached hydrogen (secondary N) is 2. The molecule has 1 aromatic rings. The van der Waals surface area contributed by atoms with Crippen LogP contribution in [-0.2, 0) is 16.1 Å². The molecule has 7 heteroatoms. The lowest BCUT2D eigenvalue weighted by Crippen LogP contribution is -2.44. The first-order chi connectivity index (χ1) is 12.0. The maximum absolute atomic E-state index is 12.8. The first kappa shape index (κ1) is 17.4. The Bertz CT molecular complexity index is 669. The van der Waals surface area contributed by atoms with Gasteiger partial charge in [-0.05, 0) is 37.0 Å². The molecule has 134 valence electrons. The molecule has 1 saturated carbocycles. The number of urea groups is 1. The van der Waals surface area contributed by atoms with Crippen LogP contribution in [0.4, 0.5) is 9.18 Å². The van der Waals surface area contributed by atoms with Crippen LogP contribution in [0.15, 0.2) is 24.3 Å². The van der Waals surface area contributed by atoms with E-state index in [1.807, 2.05) is 0 Å². The van der Waals surface area contributed by atoms with Crippen LogP contribution < -0.4 is 10.6 Å². The van der Waals surface area contributed by atoms with Crippen LogP contribution in [0.3, 0.4) is 0 Å². The summed E-state index contributed by atoms with van der Waals surface area (Å²) in [5.74, 6) is -0.627. The van der Waals surface area contributed by atoms with Crippen molar-refractivity contribution in [3.05, 3.63) is 35.6 Å². The molecule has 0 aromatic heterocycles. The van der Waals surface area contributed by atoms with Gasteiger partial charge in [0.05, 0.1) is 0 Å². The molecule has 0 atom stereocenters. The number of halogens is 1. The lowest BCUT2D eigenvalue weighted by Gasteiger charge is -2.19. The Balaban J connectivity index is 1.41. The highest BCUT2D eigenvalue weighted by Crippen LogP contribution is 2.35. The number of imide groups is 1. The van der Waals surface area contributed by atoms with E-state index >= 15 is 0 Å². The molecule has 1 saturated heterocycles.